The van der Waals surface area contributed by atoms with Gasteiger partial charge in [0.05, 0.1) is 31.5 Å². The molecule has 0 unspecified atom stereocenters. The quantitative estimate of drug-likeness (QED) is 0.464. The summed E-state index contributed by atoms with van der Waals surface area (Å²) in [5.41, 5.74) is 1.56. The van der Waals surface area contributed by atoms with Gasteiger partial charge in [-0.15, -0.1) is 0 Å². The molecular weight excluding hydrogens is 306 g/mol. The maximum absolute atomic E-state index is 11.6. The number of esters is 1. The molecule has 1 aromatic carbocycles. The summed E-state index contributed by atoms with van der Waals surface area (Å²) in [6.07, 6.45) is 1.65. The molecule has 128 valence electrons. The van der Waals surface area contributed by atoms with Crippen molar-refractivity contribution in [3.05, 3.63) is 59.5 Å². The van der Waals surface area contributed by atoms with E-state index in [9.17, 15) is 4.79 Å². The van der Waals surface area contributed by atoms with Gasteiger partial charge in [-0.3, -0.25) is 0 Å². The highest BCUT2D eigenvalue weighted by Gasteiger charge is 2.05. The Hall–Kier alpha value is -2.76. The largest absolute Gasteiger partial charge is 0.467 e. The number of carbonyl (C=O) groups is 1. The normalized spacial score (nSPS) is 11.2. The average Bonchev–Trinajstić information content (AvgIpc) is 3.11. The van der Waals surface area contributed by atoms with Crippen molar-refractivity contribution >= 4 is 11.9 Å². The van der Waals surface area contributed by atoms with Gasteiger partial charge < -0.3 is 19.8 Å². The van der Waals surface area contributed by atoms with Crippen molar-refractivity contribution in [1.29, 1.82) is 0 Å². The molecule has 1 aromatic heterocycles. The first-order valence-corrected chi connectivity index (χ1v) is 8.03. The zero-order valence-corrected chi connectivity index (χ0v) is 14.0. The molecule has 0 aliphatic rings. The highest BCUT2D eigenvalue weighted by molar-refractivity contribution is 5.89. The summed E-state index contributed by atoms with van der Waals surface area (Å²) in [7, 11) is 0. The van der Waals surface area contributed by atoms with Crippen LogP contribution in [-0.4, -0.2) is 25.1 Å². The Morgan fingerprint density at radius 1 is 1.17 bits per heavy atom. The lowest BCUT2D eigenvalue weighted by molar-refractivity contribution is 0.0526. The summed E-state index contributed by atoms with van der Waals surface area (Å²) < 4.78 is 10.3. The molecule has 2 N–H and O–H groups in total. The standard InChI is InChI=1S/C18H23N3O3/c1-3-19-18(21-13-16-6-5-11-24-16)20-12-14-7-9-15(10-8-14)17(22)23-4-2/h5-11H,3-4,12-13H2,1-2H3,(H2,19,20,21). The van der Waals surface area contributed by atoms with Crippen LogP contribution in [0.5, 0.6) is 0 Å². The summed E-state index contributed by atoms with van der Waals surface area (Å²) in [5.74, 6) is 1.25. The molecule has 0 saturated carbocycles. The van der Waals surface area contributed by atoms with Crippen molar-refractivity contribution in [1.82, 2.24) is 10.6 Å². The van der Waals surface area contributed by atoms with Crippen molar-refractivity contribution in [2.75, 3.05) is 13.2 Å². The van der Waals surface area contributed by atoms with Crippen molar-refractivity contribution < 1.29 is 13.9 Å². The van der Waals surface area contributed by atoms with Gasteiger partial charge in [0.1, 0.15) is 5.76 Å². The molecule has 0 amide bonds. The van der Waals surface area contributed by atoms with Gasteiger partial charge in [0, 0.05) is 6.54 Å². The molecule has 2 rings (SSSR count). The molecule has 0 saturated heterocycles. The minimum Gasteiger partial charge on any atom is -0.467 e. The zero-order valence-electron chi connectivity index (χ0n) is 14.0. The summed E-state index contributed by atoms with van der Waals surface area (Å²) in [6.45, 7) is 6.03. The fourth-order valence-corrected chi connectivity index (χ4v) is 2.06. The third kappa shape index (κ3) is 5.46. The van der Waals surface area contributed by atoms with Crippen LogP contribution in [0.15, 0.2) is 52.1 Å². The summed E-state index contributed by atoms with van der Waals surface area (Å²) in [5, 5.41) is 6.40. The average molecular weight is 329 g/mol. The number of guanidine groups is 1. The summed E-state index contributed by atoms with van der Waals surface area (Å²) >= 11 is 0. The zero-order chi connectivity index (χ0) is 17.2. The minimum absolute atomic E-state index is 0.305. The molecule has 6 heteroatoms. The number of nitrogens with one attached hydrogen (secondary N) is 2. The molecule has 0 atom stereocenters. The Labute approximate surface area is 141 Å². The van der Waals surface area contributed by atoms with Gasteiger partial charge in [0.15, 0.2) is 5.96 Å². The summed E-state index contributed by atoms with van der Waals surface area (Å²) in [6, 6.07) is 11.0. The fraction of sp³-hybridized carbons (Fsp3) is 0.333. The SMILES string of the molecule is CCNC(=NCc1ccc(C(=O)OCC)cc1)NCc1ccco1. The van der Waals surface area contributed by atoms with Gasteiger partial charge in [-0.05, 0) is 43.7 Å². The predicted octanol–water partition coefficient (Wildman–Crippen LogP) is 2.71. The highest BCUT2D eigenvalue weighted by atomic mass is 16.5. The number of nitrogens with zero attached hydrogens (tertiary/aromatic N) is 1. The first-order chi connectivity index (χ1) is 11.7. The van der Waals surface area contributed by atoms with Gasteiger partial charge in [0.2, 0.25) is 0 Å². The van der Waals surface area contributed by atoms with E-state index in [0.717, 1.165) is 17.9 Å². The van der Waals surface area contributed by atoms with E-state index in [1.54, 1.807) is 25.3 Å². The molecule has 24 heavy (non-hydrogen) atoms. The van der Waals surface area contributed by atoms with Crippen molar-refractivity contribution in [3.63, 3.8) is 0 Å². The lowest BCUT2D eigenvalue weighted by Crippen LogP contribution is -2.36. The van der Waals surface area contributed by atoms with Crippen LogP contribution in [0.3, 0.4) is 0 Å². The number of hydrogen-bond acceptors (Lipinski definition) is 4. The number of ether oxygens (including phenoxy) is 1. The Kier molecular flexibility index (Phi) is 6.89. The van der Waals surface area contributed by atoms with Gasteiger partial charge in [-0.25, -0.2) is 9.79 Å². The lowest BCUT2D eigenvalue weighted by atomic mass is 10.1. The van der Waals surface area contributed by atoms with Gasteiger partial charge in [-0.2, -0.15) is 0 Å². The van der Waals surface area contributed by atoms with E-state index in [0.29, 0.717) is 31.2 Å². The second-order valence-corrected chi connectivity index (χ2v) is 5.05. The minimum atomic E-state index is -0.305. The first-order valence-electron chi connectivity index (χ1n) is 8.03. The number of benzene rings is 1. The Morgan fingerprint density at radius 3 is 2.58 bits per heavy atom. The number of aliphatic imine (C=N–C) groups is 1. The maximum Gasteiger partial charge on any atom is 0.338 e. The van der Waals surface area contributed by atoms with Crippen LogP contribution in [0.1, 0.15) is 35.5 Å². The van der Waals surface area contributed by atoms with E-state index >= 15 is 0 Å². The topological polar surface area (TPSA) is 75.9 Å². The van der Waals surface area contributed by atoms with Gasteiger partial charge in [-0.1, -0.05) is 12.1 Å². The van der Waals surface area contributed by atoms with Crippen LogP contribution in [0, 0.1) is 0 Å². The fourth-order valence-electron chi connectivity index (χ4n) is 2.06. The Bertz CT molecular complexity index is 649. The Morgan fingerprint density at radius 2 is 1.96 bits per heavy atom. The van der Waals surface area contributed by atoms with Crippen LogP contribution in [-0.2, 0) is 17.8 Å². The number of hydrogen-bond donors (Lipinski definition) is 2. The first kappa shape index (κ1) is 17.6. The van der Waals surface area contributed by atoms with Gasteiger partial charge in [0.25, 0.3) is 0 Å². The van der Waals surface area contributed by atoms with E-state index in [1.807, 2.05) is 31.2 Å². The van der Waals surface area contributed by atoms with Crippen LogP contribution >= 0.6 is 0 Å². The predicted molar refractivity (Wildman–Crippen MR) is 92.8 cm³/mol. The van der Waals surface area contributed by atoms with E-state index in [4.69, 9.17) is 9.15 Å². The number of carbonyl (C=O) groups excluding carboxylic acids is 1. The third-order valence-corrected chi connectivity index (χ3v) is 3.24. The molecule has 0 aliphatic carbocycles. The second-order valence-electron chi connectivity index (χ2n) is 5.05. The van der Waals surface area contributed by atoms with Crippen LogP contribution in [0.2, 0.25) is 0 Å². The third-order valence-electron chi connectivity index (χ3n) is 3.24. The molecule has 0 bridgehead atoms. The van der Waals surface area contributed by atoms with E-state index < -0.39 is 0 Å². The van der Waals surface area contributed by atoms with Crippen molar-refractivity contribution in [2.45, 2.75) is 26.9 Å². The molecular formula is C18H23N3O3. The molecule has 0 aliphatic heterocycles. The molecule has 1 heterocycles. The second kappa shape index (κ2) is 9.39. The Balaban J connectivity index is 1.93. The van der Waals surface area contributed by atoms with E-state index in [-0.39, 0.29) is 5.97 Å². The van der Waals surface area contributed by atoms with Gasteiger partial charge >= 0.3 is 5.97 Å². The number of rotatable bonds is 7. The highest BCUT2D eigenvalue weighted by Crippen LogP contribution is 2.07. The van der Waals surface area contributed by atoms with Crippen LogP contribution < -0.4 is 10.6 Å². The lowest BCUT2D eigenvalue weighted by Gasteiger charge is -2.10. The number of furan rings is 1. The van der Waals surface area contributed by atoms with Crippen molar-refractivity contribution in [3.8, 4) is 0 Å². The molecule has 2 aromatic rings. The van der Waals surface area contributed by atoms with E-state index in [1.165, 1.54) is 0 Å². The monoisotopic (exact) mass is 329 g/mol. The molecule has 0 fully saturated rings. The van der Waals surface area contributed by atoms with Crippen LogP contribution in [0.4, 0.5) is 0 Å². The smallest absolute Gasteiger partial charge is 0.338 e. The summed E-state index contributed by atoms with van der Waals surface area (Å²) in [4.78, 5) is 16.2. The van der Waals surface area contributed by atoms with E-state index in [2.05, 4.69) is 15.6 Å². The maximum atomic E-state index is 11.6. The molecule has 6 nitrogen and oxygen atoms in total. The molecule has 0 radical (unpaired) electrons. The van der Waals surface area contributed by atoms with Crippen LogP contribution in [0.25, 0.3) is 0 Å². The molecule has 0 spiro atoms. The van der Waals surface area contributed by atoms with Crippen molar-refractivity contribution in [2.24, 2.45) is 4.99 Å².